The standard InChI is InChI=1S/C29H34F2N6O/c1-17(2)37-13-9-19(10-14-37)24(30)21-8-6-7-20(25(21)31)18(3)35-26-22-15-23(29(32-4)11-12-29)28(38-5)36-27(22)34-16-33-26/h6-8,15-19,24H,9-14H2,1-3,5H3,(H,33,34,35,36)/t18-,24?/m1/s1. The van der Waals surface area contributed by atoms with Crippen molar-refractivity contribution in [1.82, 2.24) is 19.9 Å². The SMILES string of the molecule is [C-]#[N+]C1(c2cc3c(N[C@H](C)c4cccc(C(F)C5CCN(C(C)C)CC5)c4F)ncnc3nc2OC)CC1. The number of halogens is 2. The van der Waals surface area contributed by atoms with Gasteiger partial charge < -0.3 is 19.8 Å². The van der Waals surface area contributed by atoms with Crippen molar-refractivity contribution >= 4 is 16.9 Å². The van der Waals surface area contributed by atoms with Gasteiger partial charge in [0.2, 0.25) is 5.88 Å². The third kappa shape index (κ3) is 4.78. The molecule has 2 aromatic heterocycles. The number of anilines is 1. The Bertz CT molecular complexity index is 1360. The fourth-order valence-corrected chi connectivity index (χ4v) is 5.52. The molecule has 38 heavy (non-hydrogen) atoms. The average Bonchev–Trinajstić information content (AvgIpc) is 3.73. The number of alkyl halides is 1. The van der Waals surface area contributed by atoms with Crippen LogP contribution in [0.5, 0.6) is 5.88 Å². The highest BCUT2D eigenvalue weighted by atomic mass is 19.1. The Labute approximate surface area is 222 Å². The number of nitrogens with zero attached hydrogens (tertiary/aromatic N) is 5. The molecule has 2 atom stereocenters. The third-order valence-electron chi connectivity index (χ3n) is 8.12. The molecule has 0 spiro atoms. The maximum Gasteiger partial charge on any atom is 0.263 e. The number of hydrogen-bond donors (Lipinski definition) is 1. The van der Waals surface area contributed by atoms with Crippen LogP contribution in [0, 0.1) is 18.3 Å². The molecule has 0 bridgehead atoms. The molecule has 0 radical (unpaired) electrons. The largest absolute Gasteiger partial charge is 0.481 e. The number of nitrogens with one attached hydrogen (secondary N) is 1. The van der Waals surface area contributed by atoms with Gasteiger partial charge in [0.25, 0.3) is 5.54 Å². The van der Waals surface area contributed by atoms with Crippen LogP contribution in [0.3, 0.4) is 0 Å². The van der Waals surface area contributed by atoms with Gasteiger partial charge in [-0.1, -0.05) is 18.2 Å². The second kappa shape index (κ2) is 10.4. The number of likely N-dealkylation sites (tertiary alicyclic amines) is 1. The van der Waals surface area contributed by atoms with E-state index in [4.69, 9.17) is 11.3 Å². The fraction of sp³-hybridized carbons (Fsp3) is 0.517. The molecule has 3 heterocycles. The van der Waals surface area contributed by atoms with E-state index in [0.29, 0.717) is 52.7 Å². The van der Waals surface area contributed by atoms with Crippen LogP contribution in [0.4, 0.5) is 14.6 Å². The van der Waals surface area contributed by atoms with E-state index >= 15 is 8.78 Å². The van der Waals surface area contributed by atoms with Crippen molar-refractivity contribution in [2.45, 2.75) is 70.2 Å². The van der Waals surface area contributed by atoms with Crippen LogP contribution < -0.4 is 10.1 Å². The molecule has 200 valence electrons. The van der Waals surface area contributed by atoms with Crippen LogP contribution in [0.2, 0.25) is 0 Å². The molecule has 1 saturated carbocycles. The number of benzene rings is 1. The Balaban J connectivity index is 1.41. The maximum atomic E-state index is 15.7. The Morgan fingerprint density at radius 2 is 1.87 bits per heavy atom. The normalized spacial score (nSPS) is 19.2. The zero-order valence-corrected chi connectivity index (χ0v) is 22.3. The summed E-state index contributed by atoms with van der Waals surface area (Å²) in [6, 6.07) is 6.75. The van der Waals surface area contributed by atoms with Crippen LogP contribution in [-0.4, -0.2) is 46.1 Å². The summed E-state index contributed by atoms with van der Waals surface area (Å²) in [4.78, 5) is 19.4. The summed E-state index contributed by atoms with van der Waals surface area (Å²) >= 11 is 0. The summed E-state index contributed by atoms with van der Waals surface area (Å²) < 4.78 is 36.8. The smallest absolute Gasteiger partial charge is 0.263 e. The van der Waals surface area contributed by atoms with Crippen molar-refractivity contribution in [3.63, 3.8) is 0 Å². The molecule has 9 heteroatoms. The van der Waals surface area contributed by atoms with Crippen molar-refractivity contribution < 1.29 is 13.5 Å². The lowest BCUT2D eigenvalue weighted by molar-refractivity contribution is 0.0994. The average molecular weight is 521 g/mol. The first-order valence-electron chi connectivity index (χ1n) is 13.3. The van der Waals surface area contributed by atoms with Crippen LogP contribution in [0.15, 0.2) is 30.6 Å². The van der Waals surface area contributed by atoms with Crippen molar-refractivity contribution in [3.8, 4) is 5.88 Å². The van der Waals surface area contributed by atoms with E-state index in [0.717, 1.165) is 25.9 Å². The number of pyridine rings is 1. The number of aromatic nitrogens is 3. The van der Waals surface area contributed by atoms with Gasteiger partial charge in [-0.15, -0.1) is 0 Å². The van der Waals surface area contributed by atoms with E-state index in [2.05, 4.69) is 43.9 Å². The topological polar surface area (TPSA) is 67.5 Å². The maximum absolute atomic E-state index is 15.7. The van der Waals surface area contributed by atoms with E-state index < -0.39 is 23.6 Å². The molecule has 1 aromatic carbocycles. The number of fused-ring (bicyclic) bond motifs is 1. The predicted octanol–water partition coefficient (Wildman–Crippen LogP) is 6.38. The van der Waals surface area contributed by atoms with Gasteiger partial charge in [-0.3, -0.25) is 0 Å². The lowest BCUT2D eigenvalue weighted by atomic mass is 9.87. The van der Waals surface area contributed by atoms with Gasteiger partial charge in [0.15, 0.2) is 5.65 Å². The minimum Gasteiger partial charge on any atom is -0.481 e. The molecule has 1 N–H and O–H groups in total. The first-order chi connectivity index (χ1) is 18.3. The Morgan fingerprint density at radius 3 is 2.50 bits per heavy atom. The highest BCUT2D eigenvalue weighted by molar-refractivity contribution is 5.88. The quantitative estimate of drug-likeness (QED) is 0.348. The molecular weight excluding hydrogens is 486 g/mol. The summed E-state index contributed by atoms with van der Waals surface area (Å²) in [5.41, 5.74) is 0.991. The molecule has 1 aliphatic carbocycles. The Morgan fingerprint density at radius 1 is 1.16 bits per heavy atom. The summed E-state index contributed by atoms with van der Waals surface area (Å²) in [6.45, 7) is 15.4. The fourth-order valence-electron chi connectivity index (χ4n) is 5.52. The summed E-state index contributed by atoms with van der Waals surface area (Å²) in [7, 11) is 1.53. The number of rotatable bonds is 8. The minimum atomic E-state index is -1.35. The number of methoxy groups -OCH3 is 1. The summed E-state index contributed by atoms with van der Waals surface area (Å²) in [5, 5.41) is 3.91. The van der Waals surface area contributed by atoms with Gasteiger partial charge in [-0.05, 0) is 58.7 Å². The lowest BCUT2D eigenvalue weighted by Gasteiger charge is -2.36. The molecular formula is C29H34F2N6O. The van der Waals surface area contributed by atoms with Crippen LogP contribution >= 0.6 is 0 Å². The van der Waals surface area contributed by atoms with Gasteiger partial charge in [0, 0.05) is 30.0 Å². The van der Waals surface area contributed by atoms with Crippen LogP contribution in [0.25, 0.3) is 15.9 Å². The van der Waals surface area contributed by atoms with E-state index in [1.54, 1.807) is 18.2 Å². The molecule has 0 amide bonds. The molecule has 1 unspecified atom stereocenters. The Kier molecular flexibility index (Phi) is 7.19. The van der Waals surface area contributed by atoms with Crippen molar-refractivity contribution in [1.29, 1.82) is 0 Å². The van der Waals surface area contributed by atoms with Gasteiger partial charge in [-0.2, -0.15) is 4.98 Å². The van der Waals surface area contributed by atoms with Crippen molar-refractivity contribution in [2.75, 3.05) is 25.5 Å². The van der Waals surface area contributed by atoms with Crippen LogP contribution in [-0.2, 0) is 5.54 Å². The van der Waals surface area contributed by atoms with Gasteiger partial charge in [0.1, 0.15) is 24.1 Å². The predicted molar refractivity (Wildman–Crippen MR) is 143 cm³/mol. The third-order valence-corrected chi connectivity index (χ3v) is 8.12. The zero-order chi connectivity index (χ0) is 27.0. The molecule has 1 aliphatic heterocycles. The van der Waals surface area contributed by atoms with E-state index in [1.807, 2.05) is 13.0 Å². The minimum absolute atomic E-state index is 0.119. The number of piperidine rings is 1. The molecule has 1 saturated heterocycles. The lowest BCUT2D eigenvalue weighted by Crippen LogP contribution is -2.39. The molecule has 2 fully saturated rings. The highest BCUT2D eigenvalue weighted by Crippen LogP contribution is 2.53. The molecule has 2 aliphatic rings. The summed E-state index contributed by atoms with van der Waals surface area (Å²) in [5.74, 6) is 0.147. The van der Waals surface area contributed by atoms with Crippen molar-refractivity contribution in [2.24, 2.45) is 5.92 Å². The second-order valence-corrected chi connectivity index (χ2v) is 10.8. The van der Waals surface area contributed by atoms with E-state index in [9.17, 15) is 0 Å². The second-order valence-electron chi connectivity index (χ2n) is 10.8. The summed E-state index contributed by atoms with van der Waals surface area (Å²) in [6.07, 6.45) is 2.96. The first kappa shape index (κ1) is 26.2. The van der Waals surface area contributed by atoms with Gasteiger partial charge in [0.05, 0.1) is 24.1 Å². The number of hydrogen-bond acceptors (Lipinski definition) is 6. The number of ether oxygens (including phenoxy) is 1. The Hall–Kier alpha value is -3.38. The van der Waals surface area contributed by atoms with Gasteiger partial charge >= 0.3 is 0 Å². The van der Waals surface area contributed by atoms with Crippen LogP contribution in [0.1, 0.15) is 75.4 Å². The van der Waals surface area contributed by atoms with E-state index in [-0.39, 0.29) is 11.5 Å². The molecule has 3 aromatic rings. The molecule has 5 rings (SSSR count). The van der Waals surface area contributed by atoms with Gasteiger partial charge in [-0.25, -0.2) is 25.3 Å². The van der Waals surface area contributed by atoms with Crippen molar-refractivity contribution in [3.05, 3.63) is 64.5 Å². The first-order valence-corrected chi connectivity index (χ1v) is 13.3. The van der Waals surface area contributed by atoms with E-state index in [1.165, 1.54) is 13.4 Å². The monoisotopic (exact) mass is 520 g/mol. The molecule has 7 nitrogen and oxygen atoms in total. The zero-order valence-electron chi connectivity index (χ0n) is 22.3. The highest BCUT2D eigenvalue weighted by Gasteiger charge is 2.55.